The number of rotatable bonds is 3. The minimum Gasteiger partial charge on any atom is -0.387 e. The fourth-order valence-corrected chi connectivity index (χ4v) is 3.94. The summed E-state index contributed by atoms with van der Waals surface area (Å²) in [6, 6.07) is 12.0. The highest BCUT2D eigenvalue weighted by Crippen LogP contribution is 2.27. The summed E-state index contributed by atoms with van der Waals surface area (Å²) in [4.78, 5) is 20.6. The van der Waals surface area contributed by atoms with Crippen LogP contribution in [0.25, 0.3) is 0 Å². The maximum Gasteiger partial charge on any atom is 0.254 e. The molecule has 1 aromatic carbocycles. The number of hydrogen-bond donors (Lipinski definition) is 1. The average Bonchev–Trinajstić information content (AvgIpc) is 3.03. The van der Waals surface area contributed by atoms with E-state index in [2.05, 4.69) is 34.1 Å². The van der Waals surface area contributed by atoms with Gasteiger partial charge in [0.2, 0.25) is 0 Å². The normalized spacial score (nSPS) is 23.5. The number of likely N-dealkylation sites (tertiary alicyclic amines) is 1. The lowest BCUT2D eigenvalue weighted by Gasteiger charge is -2.34. The van der Waals surface area contributed by atoms with E-state index >= 15 is 0 Å². The molecule has 0 aliphatic carbocycles. The Hall–Kier alpha value is -2.24. The van der Waals surface area contributed by atoms with Gasteiger partial charge in [-0.25, -0.2) is 0 Å². The van der Waals surface area contributed by atoms with Gasteiger partial charge in [-0.05, 0) is 36.1 Å². The van der Waals surface area contributed by atoms with E-state index in [1.54, 1.807) is 29.4 Å². The SMILES string of the molecule is O=C(c1ccncc1)N1CCC(O)(CN2CCc3ccccc3C2)C1. The van der Waals surface area contributed by atoms with E-state index in [0.29, 0.717) is 31.6 Å². The fraction of sp³-hybridized carbons (Fsp3) is 0.400. The van der Waals surface area contributed by atoms with E-state index in [1.807, 2.05) is 0 Å². The van der Waals surface area contributed by atoms with Gasteiger partial charge in [-0.1, -0.05) is 24.3 Å². The topological polar surface area (TPSA) is 56.7 Å². The predicted octanol–water partition coefficient (Wildman–Crippen LogP) is 1.72. The van der Waals surface area contributed by atoms with Crippen LogP contribution in [0.15, 0.2) is 48.8 Å². The van der Waals surface area contributed by atoms with Crippen molar-refractivity contribution in [2.24, 2.45) is 0 Å². The van der Waals surface area contributed by atoms with E-state index in [1.165, 1.54) is 11.1 Å². The molecule has 0 saturated carbocycles. The van der Waals surface area contributed by atoms with Crippen molar-refractivity contribution in [3.8, 4) is 0 Å². The maximum atomic E-state index is 12.6. The van der Waals surface area contributed by atoms with Crippen molar-refractivity contribution >= 4 is 5.91 Å². The van der Waals surface area contributed by atoms with Gasteiger partial charge in [-0.3, -0.25) is 14.7 Å². The smallest absolute Gasteiger partial charge is 0.254 e. The zero-order valence-electron chi connectivity index (χ0n) is 14.3. The van der Waals surface area contributed by atoms with Crippen LogP contribution in [0.4, 0.5) is 0 Å². The molecule has 0 radical (unpaired) electrons. The van der Waals surface area contributed by atoms with Gasteiger partial charge < -0.3 is 10.0 Å². The van der Waals surface area contributed by atoms with E-state index in [-0.39, 0.29) is 5.91 Å². The number of hydrogen-bond acceptors (Lipinski definition) is 4. The van der Waals surface area contributed by atoms with Crippen LogP contribution in [-0.4, -0.2) is 57.6 Å². The Bertz CT molecular complexity index is 765. The number of pyridine rings is 1. The summed E-state index contributed by atoms with van der Waals surface area (Å²) in [6.45, 7) is 3.43. The van der Waals surface area contributed by atoms with Gasteiger partial charge in [0, 0.05) is 44.1 Å². The van der Waals surface area contributed by atoms with Gasteiger partial charge in [-0.15, -0.1) is 0 Å². The van der Waals surface area contributed by atoms with E-state index in [0.717, 1.165) is 19.5 Å². The van der Waals surface area contributed by atoms with Crippen LogP contribution < -0.4 is 0 Å². The van der Waals surface area contributed by atoms with Gasteiger partial charge in [0.15, 0.2) is 0 Å². The van der Waals surface area contributed by atoms with Crippen LogP contribution in [0, 0.1) is 0 Å². The number of aromatic nitrogens is 1. The quantitative estimate of drug-likeness (QED) is 0.926. The zero-order chi connectivity index (χ0) is 17.3. The van der Waals surface area contributed by atoms with Crippen molar-refractivity contribution in [1.29, 1.82) is 0 Å². The van der Waals surface area contributed by atoms with Crippen molar-refractivity contribution in [1.82, 2.24) is 14.8 Å². The number of amides is 1. The lowest BCUT2D eigenvalue weighted by Crippen LogP contribution is -2.47. The summed E-state index contributed by atoms with van der Waals surface area (Å²) >= 11 is 0. The highest BCUT2D eigenvalue weighted by Gasteiger charge is 2.40. The number of aliphatic hydroxyl groups is 1. The molecule has 2 aromatic rings. The Morgan fingerprint density at radius 2 is 1.88 bits per heavy atom. The third-order valence-corrected chi connectivity index (χ3v) is 5.27. The molecule has 5 nitrogen and oxygen atoms in total. The monoisotopic (exact) mass is 337 g/mol. The third kappa shape index (κ3) is 3.43. The van der Waals surface area contributed by atoms with Crippen molar-refractivity contribution < 1.29 is 9.90 Å². The van der Waals surface area contributed by atoms with Crippen LogP contribution in [-0.2, 0) is 13.0 Å². The van der Waals surface area contributed by atoms with Crippen LogP contribution in [0.3, 0.4) is 0 Å². The minimum atomic E-state index is -0.824. The number of carbonyl (C=O) groups is 1. The van der Waals surface area contributed by atoms with E-state index < -0.39 is 5.60 Å². The van der Waals surface area contributed by atoms with Gasteiger partial charge >= 0.3 is 0 Å². The van der Waals surface area contributed by atoms with Crippen molar-refractivity contribution in [3.63, 3.8) is 0 Å². The Labute approximate surface area is 147 Å². The summed E-state index contributed by atoms with van der Waals surface area (Å²) in [7, 11) is 0. The van der Waals surface area contributed by atoms with Crippen LogP contribution >= 0.6 is 0 Å². The maximum absolute atomic E-state index is 12.6. The molecule has 1 saturated heterocycles. The Kier molecular flexibility index (Phi) is 4.27. The second-order valence-electron chi connectivity index (χ2n) is 7.17. The molecule has 25 heavy (non-hydrogen) atoms. The second-order valence-corrected chi connectivity index (χ2v) is 7.17. The Morgan fingerprint density at radius 1 is 1.12 bits per heavy atom. The van der Waals surface area contributed by atoms with E-state index in [4.69, 9.17) is 0 Å². The lowest BCUT2D eigenvalue weighted by atomic mass is 9.97. The summed E-state index contributed by atoms with van der Waals surface area (Å²) in [6.07, 6.45) is 4.90. The standard InChI is InChI=1S/C20H23N3O2/c24-19(17-5-9-21-10-6-17)23-12-8-20(25,15-23)14-22-11-7-16-3-1-2-4-18(16)13-22/h1-6,9-10,25H,7-8,11-15H2. The van der Waals surface area contributed by atoms with Crippen LogP contribution in [0.5, 0.6) is 0 Å². The third-order valence-electron chi connectivity index (χ3n) is 5.27. The summed E-state index contributed by atoms with van der Waals surface area (Å²) in [5.41, 5.74) is 2.56. The van der Waals surface area contributed by atoms with Crippen molar-refractivity contribution in [3.05, 3.63) is 65.5 Å². The number of β-amino-alcohol motifs (C(OH)–C–C–N with tert-alkyl or cyclic N) is 1. The summed E-state index contributed by atoms with van der Waals surface area (Å²) in [5.74, 6) is -0.0256. The molecule has 3 heterocycles. The summed E-state index contributed by atoms with van der Waals surface area (Å²) in [5, 5.41) is 11.0. The van der Waals surface area contributed by atoms with Crippen LogP contribution in [0.2, 0.25) is 0 Å². The minimum absolute atomic E-state index is 0.0256. The number of benzene rings is 1. The molecule has 0 bridgehead atoms. The number of nitrogens with zero attached hydrogens (tertiary/aromatic N) is 3. The highest BCUT2D eigenvalue weighted by molar-refractivity contribution is 5.94. The lowest BCUT2D eigenvalue weighted by molar-refractivity contribution is 0.00805. The molecule has 1 unspecified atom stereocenters. The van der Waals surface area contributed by atoms with Gasteiger partial charge in [0.1, 0.15) is 0 Å². The molecular weight excluding hydrogens is 314 g/mol. The van der Waals surface area contributed by atoms with Crippen molar-refractivity contribution in [2.75, 3.05) is 26.2 Å². The van der Waals surface area contributed by atoms with Crippen molar-refractivity contribution in [2.45, 2.75) is 25.0 Å². The predicted molar refractivity (Wildman–Crippen MR) is 95.1 cm³/mol. The fourth-order valence-electron chi connectivity index (χ4n) is 3.94. The molecular formula is C20H23N3O2. The molecule has 2 aliphatic rings. The Morgan fingerprint density at radius 3 is 2.68 bits per heavy atom. The molecule has 1 atom stereocenters. The number of fused-ring (bicyclic) bond motifs is 1. The molecule has 1 amide bonds. The molecule has 1 aromatic heterocycles. The first-order valence-corrected chi connectivity index (χ1v) is 8.84. The van der Waals surface area contributed by atoms with Gasteiger partial charge in [0.05, 0.1) is 12.1 Å². The first kappa shape index (κ1) is 16.2. The molecule has 4 rings (SSSR count). The van der Waals surface area contributed by atoms with E-state index in [9.17, 15) is 9.90 Å². The second kappa shape index (κ2) is 6.58. The Balaban J connectivity index is 1.40. The largest absolute Gasteiger partial charge is 0.387 e. The highest BCUT2D eigenvalue weighted by atomic mass is 16.3. The summed E-state index contributed by atoms with van der Waals surface area (Å²) < 4.78 is 0. The average molecular weight is 337 g/mol. The van der Waals surface area contributed by atoms with Gasteiger partial charge in [0.25, 0.3) is 5.91 Å². The first-order valence-electron chi connectivity index (χ1n) is 8.84. The molecule has 1 fully saturated rings. The zero-order valence-corrected chi connectivity index (χ0v) is 14.3. The molecule has 1 N–H and O–H groups in total. The molecule has 2 aliphatic heterocycles. The number of carbonyl (C=O) groups excluding carboxylic acids is 1. The first-order chi connectivity index (χ1) is 12.1. The molecule has 130 valence electrons. The van der Waals surface area contributed by atoms with Crippen LogP contribution in [0.1, 0.15) is 27.9 Å². The van der Waals surface area contributed by atoms with Gasteiger partial charge in [-0.2, -0.15) is 0 Å². The molecule has 5 heteroatoms. The molecule has 0 spiro atoms.